The molecule has 2 aromatic rings. The number of thiocarbonyl (C=S) groups is 1. The zero-order valence-corrected chi connectivity index (χ0v) is 16.0. The van der Waals surface area contributed by atoms with Crippen molar-refractivity contribution >= 4 is 17.3 Å². The molecule has 4 nitrogen and oxygen atoms in total. The van der Waals surface area contributed by atoms with Crippen molar-refractivity contribution in [3.8, 4) is 5.75 Å². The van der Waals surface area contributed by atoms with Crippen molar-refractivity contribution in [2.45, 2.75) is 12.5 Å². The summed E-state index contributed by atoms with van der Waals surface area (Å²) in [7, 11) is 5.82. The van der Waals surface area contributed by atoms with Crippen LogP contribution in [0.5, 0.6) is 5.75 Å². The van der Waals surface area contributed by atoms with Crippen LogP contribution in [0.4, 0.5) is 0 Å². The molecule has 0 amide bonds. The normalized spacial score (nSPS) is 11.8. The molecule has 25 heavy (non-hydrogen) atoms. The summed E-state index contributed by atoms with van der Waals surface area (Å²) in [5.74, 6) is 0.868. The number of hydrogen-bond acceptors (Lipinski definition) is 3. The SMILES string of the molecule is COc1cccc([C@@H](CNC(=S)NCCc2ccccc2)N(C)C)c1. The quantitative estimate of drug-likeness (QED) is 0.711. The van der Waals surface area contributed by atoms with Gasteiger partial charge in [-0.1, -0.05) is 42.5 Å². The third kappa shape index (κ3) is 6.36. The van der Waals surface area contributed by atoms with Crippen LogP contribution >= 0.6 is 12.2 Å². The molecule has 2 N–H and O–H groups in total. The maximum atomic E-state index is 5.41. The van der Waals surface area contributed by atoms with E-state index in [2.05, 4.69) is 66.0 Å². The first-order chi connectivity index (χ1) is 12.1. The smallest absolute Gasteiger partial charge is 0.166 e. The number of nitrogens with zero attached hydrogens (tertiary/aromatic N) is 1. The van der Waals surface area contributed by atoms with E-state index in [1.54, 1.807) is 7.11 Å². The highest BCUT2D eigenvalue weighted by Gasteiger charge is 2.15. The molecular formula is C20H27N3OS. The van der Waals surface area contributed by atoms with E-state index < -0.39 is 0 Å². The van der Waals surface area contributed by atoms with Crippen LogP contribution in [-0.2, 0) is 6.42 Å². The van der Waals surface area contributed by atoms with E-state index in [1.807, 2.05) is 18.2 Å². The second-order valence-electron chi connectivity index (χ2n) is 6.13. The van der Waals surface area contributed by atoms with Gasteiger partial charge in [0.1, 0.15) is 5.75 Å². The van der Waals surface area contributed by atoms with Crippen LogP contribution in [0.1, 0.15) is 17.2 Å². The Morgan fingerprint density at radius 2 is 1.84 bits per heavy atom. The van der Waals surface area contributed by atoms with Gasteiger partial charge in [0.15, 0.2) is 5.11 Å². The number of methoxy groups -OCH3 is 1. The van der Waals surface area contributed by atoms with Crippen molar-refractivity contribution in [3.05, 3.63) is 65.7 Å². The lowest BCUT2D eigenvalue weighted by molar-refractivity contribution is 0.297. The topological polar surface area (TPSA) is 36.5 Å². The van der Waals surface area contributed by atoms with Crippen molar-refractivity contribution < 1.29 is 4.74 Å². The van der Waals surface area contributed by atoms with E-state index in [-0.39, 0.29) is 6.04 Å². The fraction of sp³-hybridized carbons (Fsp3) is 0.350. The van der Waals surface area contributed by atoms with Gasteiger partial charge in [-0.05, 0) is 56.0 Å². The maximum Gasteiger partial charge on any atom is 0.166 e. The molecule has 2 aromatic carbocycles. The predicted molar refractivity (Wildman–Crippen MR) is 108 cm³/mol. The second-order valence-corrected chi connectivity index (χ2v) is 6.54. The number of hydrogen-bond donors (Lipinski definition) is 2. The largest absolute Gasteiger partial charge is 0.497 e. The van der Waals surface area contributed by atoms with Gasteiger partial charge in [-0.15, -0.1) is 0 Å². The molecule has 134 valence electrons. The standard InChI is InChI=1S/C20H27N3OS/c1-23(2)19(17-10-7-11-18(14-17)24-3)15-22-20(25)21-13-12-16-8-5-4-6-9-16/h4-11,14,19H,12-13,15H2,1-3H3,(H2,21,22,25)/t19-/m1/s1. The highest BCUT2D eigenvalue weighted by atomic mass is 32.1. The van der Waals surface area contributed by atoms with Gasteiger partial charge in [0.2, 0.25) is 0 Å². The lowest BCUT2D eigenvalue weighted by atomic mass is 10.1. The molecule has 0 heterocycles. The molecule has 0 radical (unpaired) electrons. The average molecular weight is 358 g/mol. The summed E-state index contributed by atoms with van der Waals surface area (Å²) >= 11 is 5.41. The molecule has 1 atom stereocenters. The lowest BCUT2D eigenvalue weighted by Crippen LogP contribution is -2.41. The Kier molecular flexibility index (Phi) is 7.70. The van der Waals surface area contributed by atoms with E-state index in [4.69, 9.17) is 17.0 Å². The van der Waals surface area contributed by atoms with Gasteiger partial charge in [-0.2, -0.15) is 0 Å². The highest BCUT2D eigenvalue weighted by molar-refractivity contribution is 7.80. The van der Waals surface area contributed by atoms with Gasteiger partial charge in [0, 0.05) is 13.1 Å². The molecule has 0 aliphatic rings. The van der Waals surface area contributed by atoms with Gasteiger partial charge in [-0.25, -0.2) is 0 Å². The lowest BCUT2D eigenvalue weighted by Gasteiger charge is -2.26. The van der Waals surface area contributed by atoms with Gasteiger partial charge < -0.3 is 20.3 Å². The minimum Gasteiger partial charge on any atom is -0.497 e. The summed E-state index contributed by atoms with van der Waals surface area (Å²) in [6.07, 6.45) is 0.954. The number of ether oxygens (including phenoxy) is 1. The fourth-order valence-electron chi connectivity index (χ4n) is 2.66. The Bertz CT molecular complexity index is 661. The summed E-state index contributed by atoms with van der Waals surface area (Å²) in [5.41, 5.74) is 2.50. The molecule has 0 spiro atoms. The van der Waals surface area contributed by atoms with Gasteiger partial charge in [0.05, 0.1) is 13.2 Å². The minimum atomic E-state index is 0.212. The highest BCUT2D eigenvalue weighted by Crippen LogP contribution is 2.21. The van der Waals surface area contributed by atoms with Crippen molar-refractivity contribution in [1.29, 1.82) is 0 Å². The predicted octanol–water partition coefficient (Wildman–Crippen LogP) is 3.00. The number of likely N-dealkylation sites (N-methyl/N-ethyl adjacent to an activating group) is 1. The molecule has 0 aliphatic heterocycles. The number of nitrogens with one attached hydrogen (secondary N) is 2. The molecule has 2 rings (SSSR count). The summed E-state index contributed by atoms with van der Waals surface area (Å²) in [5, 5.41) is 7.29. The summed E-state index contributed by atoms with van der Waals surface area (Å²) < 4.78 is 5.33. The first-order valence-electron chi connectivity index (χ1n) is 8.46. The van der Waals surface area contributed by atoms with Crippen molar-refractivity contribution in [1.82, 2.24) is 15.5 Å². The Labute approximate surface area is 156 Å². The van der Waals surface area contributed by atoms with Gasteiger partial charge in [0.25, 0.3) is 0 Å². The third-order valence-electron chi connectivity index (χ3n) is 4.10. The zero-order chi connectivity index (χ0) is 18.1. The number of benzene rings is 2. The van der Waals surface area contributed by atoms with Gasteiger partial charge in [-0.3, -0.25) is 0 Å². The van der Waals surface area contributed by atoms with Gasteiger partial charge >= 0.3 is 0 Å². The van der Waals surface area contributed by atoms with E-state index in [1.165, 1.54) is 11.1 Å². The first kappa shape index (κ1) is 19.2. The van der Waals surface area contributed by atoms with Crippen molar-refractivity contribution in [3.63, 3.8) is 0 Å². The molecular weight excluding hydrogens is 330 g/mol. The van der Waals surface area contributed by atoms with E-state index in [0.29, 0.717) is 5.11 Å². The first-order valence-corrected chi connectivity index (χ1v) is 8.87. The Morgan fingerprint density at radius 1 is 1.08 bits per heavy atom. The number of rotatable bonds is 8. The second kappa shape index (κ2) is 10.0. The van der Waals surface area contributed by atoms with Crippen LogP contribution in [0.15, 0.2) is 54.6 Å². The van der Waals surface area contributed by atoms with Crippen LogP contribution in [-0.4, -0.2) is 44.3 Å². The summed E-state index contributed by atoms with van der Waals surface area (Å²) in [6.45, 7) is 1.55. The van der Waals surface area contributed by atoms with E-state index in [0.717, 1.165) is 25.3 Å². The maximum absolute atomic E-state index is 5.41. The third-order valence-corrected chi connectivity index (χ3v) is 4.39. The Hall–Kier alpha value is -2.11. The Morgan fingerprint density at radius 3 is 2.52 bits per heavy atom. The summed E-state index contributed by atoms with van der Waals surface area (Å²) in [6, 6.07) is 18.8. The molecule has 0 unspecified atom stereocenters. The van der Waals surface area contributed by atoms with E-state index >= 15 is 0 Å². The molecule has 0 fully saturated rings. The van der Waals surface area contributed by atoms with Crippen LogP contribution < -0.4 is 15.4 Å². The molecule has 0 aromatic heterocycles. The minimum absolute atomic E-state index is 0.212. The molecule has 0 saturated heterocycles. The molecule has 0 aliphatic carbocycles. The monoisotopic (exact) mass is 357 g/mol. The molecule has 0 saturated carbocycles. The summed E-state index contributed by atoms with van der Waals surface area (Å²) in [4.78, 5) is 2.17. The van der Waals surface area contributed by atoms with Crippen molar-refractivity contribution in [2.75, 3.05) is 34.3 Å². The van der Waals surface area contributed by atoms with Crippen molar-refractivity contribution in [2.24, 2.45) is 0 Å². The van der Waals surface area contributed by atoms with Crippen LogP contribution in [0.25, 0.3) is 0 Å². The van der Waals surface area contributed by atoms with Crippen LogP contribution in [0, 0.1) is 0 Å². The molecule has 5 heteroatoms. The average Bonchev–Trinajstić information content (AvgIpc) is 2.62. The zero-order valence-electron chi connectivity index (χ0n) is 15.2. The van der Waals surface area contributed by atoms with Crippen LogP contribution in [0.3, 0.4) is 0 Å². The Balaban J connectivity index is 1.82. The van der Waals surface area contributed by atoms with E-state index in [9.17, 15) is 0 Å². The fourth-order valence-corrected chi connectivity index (χ4v) is 2.85. The van der Waals surface area contributed by atoms with Crippen LogP contribution in [0.2, 0.25) is 0 Å². The molecule has 0 bridgehead atoms.